The quantitative estimate of drug-likeness (QED) is 0.0118. The number of carbonyl (C=O) groups excluding carboxylic acids is 8. The number of nitrogens with zero attached hydrogens (tertiary/aromatic N) is 2. The van der Waals surface area contributed by atoms with Crippen molar-refractivity contribution in [1.29, 1.82) is 0 Å². The Morgan fingerprint density at radius 2 is 1.16 bits per heavy atom. The number of aliphatic imine (C=N–C) groups is 1. The fourth-order valence-corrected chi connectivity index (χ4v) is 8.09. The molecule has 2 heterocycles. The Morgan fingerprint density at radius 1 is 0.622 bits per heavy atom. The van der Waals surface area contributed by atoms with Crippen molar-refractivity contribution in [2.24, 2.45) is 22.2 Å². The third kappa shape index (κ3) is 19.4. The van der Waals surface area contributed by atoms with E-state index in [1.54, 1.807) is 42.6 Å². The Kier molecular flexibility index (Phi) is 24.2. The number of nitrogens with one attached hydrogen (secondary N) is 9. The molecule has 2 aromatic heterocycles. The van der Waals surface area contributed by atoms with Gasteiger partial charge in [-0.3, -0.25) is 48.1 Å². The molecule has 0 saturated carbocycles. The Morgan fingerprint density at radius 3 is 1.73 bits per heavy atom. The Hall–Kier alpha value is -7.61. The van der Waals surface area contributed by atoms with E-state index in [1.165, 1.54) is 12.5 Å². The number of nitrogens with two attached hydrogens (primary N) is 3. The van der Waals surface area contributed by atoms with Crippen molar-refractivity contribution < 1.29 is 48.3 Å². The summed E-state index contributed by atoms with van der Waals surface area (Å²) < 4.78 is 0. The number of carboxylic acid groups (broad SMARTS) is 1. The molecule has 4 aromatic rings. The maximum absolute atomic E-state index is 14.6. The first-order chi connectivity index (χ1) is 35.4. The molecule has 0 aliphatic carbocycles. The summed E-state index contributed by atoms with van der Waals surface area (Å²) in [5, 5.41) is 28.6. The van der Waals surface area contributed by atoms with Gasteiger partial charge in [-0.25, -0.2) is 4.98 Å². The minimum absolute atomic E-state index is 0.0411. The third-order valence-corrected chi connectivity index (χ3v) is 12.3. The van der Waals surface area contributed by atoms with Crippen molar-refractivity contribution in [2.45, 2.75) is 113 Å². The number of guanidine groups is 1. The highest BCUT2D eigenvalue weighted by molar-refractivity contribution is 7.80. The number of aromatic amines is 2. The summed E-state index contributed by atoms with van der Waals surface area (Å²) in [5.41, 5.74) is 19.0. The highest BCUT2D eigenvalue weighted by Gasteiger charge is 2.35. The summed E-state index contributed by atoms with van der Waals surface area (Å²) in [5.74, 6) is -8.21. The van der Waals surface area contributed by atoms with Crippen LogP contribution in [0.3, 0.4) is 0 Å². The molecule has 0 bridgehead atoms. The van der Waals surface area contributed by atoms with Crippen molar-refractivity contribution in [3.8, 4) is 0 Å². The minimum Gasteiger partial charge on any atom is -0.481 e. The predicted octanol–water partition coefficient (Wildman–Crippen LogP) is -1.23. The predicted molar refractivity (Wildman–Crippen MR) is 281 cm³/mol. The van der Waals surface area contributed by atoms with Gasteiger partial charge in [0.05, 0.1) is 6.33 Å². The van der Waals surface area contributed by atoms with E-state index in [0.29, 0.717) is 23.2 Å². The molecule has 26 heteroatoms. The molecule has 24 nitrogen and oxygen atoms in total. The summed E-state index contributed by atoms with van der Waals surface area (Å²) in [6, 6.07) is 6.30. The van der Waals surface area contributed by atoms with Gasteiger partial charge < -0.3 is 69.5 Å². The van der Waals surface area contributed by atoms with Gasteiger partial charge in [-0.15, -0.1) is 0 Å². The van der Waals surface area contributed by atoms with Crippen LogP contribution >= 0.6 is 25.3 Å². The van der Waals surface area contributed by atoms with E-state index in [0.717, 1.165) is 17.3 Å². The van der Waals surface area contributed by atoms with E-state index < -0.39 is 108 Å². The molecule has 0 aliphatic rings. The number of carboxylic acids is 1. The van der Waals surface area contributed by atoms with Gasteiger partial charge in [0.2, 0.25) is 47.3 Å². The van der Waals surface area contributed by atoms with Crippen LogP contribution in [0.25, 0.3) is 10.9 Å². The maximum Gasteiger partial charge on any atom is 0.303 e. The molecule has 4 rings (SSSR count). The molecule has 0 aliphatic heterocycles. The lowest BCUT2D eigenvalue weighted by atomic mass is 10.0. The van der Waals surface area contributed by atoms with E-state index in [2.05, 4.69) is 82.4 Å². The van der Waals surface area contributed by atoms with Crippen LogP contribution in [0.2, 0.25) is 0 Å². The number of fused-ring (bicyclic) bond motifs is 1. The first kappa shape index (κ1) is 59.0. The fourth-order valence-electron chi connectivity index (χ4n) is 7.56. The Bertz CT molecular complexity index is 2560. The van der Waals surface area contributed by atoms with Crippen LogP contribution < -0.4 is 54.4 Å². The molecular formula is C48H66N14O10S2. The number of aromatic nitrogens is 3. The number of hydrogen-bond acceptors (Lipinski definition) is 13. The van der Waals surface area contributed by atoms with Crippen LogP contribution in [0.5, 0.6) is 0 Å². The zero-order valence-electron chi connectivity index (χ0n) is 40.8. The number of unbranched alkanes of at least 4 members (excludes halogenated alkanes) is 1. The molecule has 2 aromatic carbocycles. The Labute approximate surface area is 438 Å². The highest BCUT2D eigenvalue weighted by Crippen LogP contribution is 2.20. The number of carbonyl (C=O) groups is 9. The SMILES string of the molecule is CCCCC(=O)N[C@@H](CS)C(=O)N[C@@H](CCC(=O)O)C(=O)N[C@@H](Cc1cnc[nH]1)C(=O)N[C@H](Cc1ccccc1)C(=O)N[C@@H](CCCN=C(N)N)C(=O)N[C@@H](Cc1c[nH]c2ccccc12)C(=O)N[C@@H](CS)C(N)=O. The van der Waals surface area contributed by atoms with Crippen LogP contribution in [0.4, 0.5) is 0 Å². The van der Waals surface area contributed by atoms with E-state index in [1.807, 2.05) is 25.1 Å². The number of thiol groups is 2. The molecule has 8 amide bonds. The second-order valence-corrected chi connectivity index (χ2v) is 18.0. The van der Waals surface area contributed by atoms with Crippen LogP contribution in [-0.2, 0) is 62.4 Å². The molecule has 16 N–H and O–H groups in total. The lowest BCUT2D eigenvalue weighted by molar-refractivity contribution is -0.138. The normalized spacial score (nSPS) is 13.8. The molecule has 74 heavy (non-hydrogen) atoms. The second-order valence-electron chi connectivity index (χ2n) is 17.3. The zero-order chi connectivity index (χ0) is 54.2. The van der Waals surface area contributed by atoms with E-state index >= 15 is 0 Å². The number of benzene rings is 2. The van der Waals surface area contributed by atoms with E-state index in [9.17, 15) is 48.3 Å². The second kappa shape index (κ2) is 30.4. The number of imidazole rings is 1. The van der Waals surface area contributed by atoms with Crippen molar-refractivity contribution in [1.82, 2.24) is 52.2 Å². The summed E-state index contributed by atoms with van der Waals surface area (Å²) >= 11 is 8.33. The fraction of sp³-hybridized carbons (Fsp3) is 0.438. The van der Waals surface area contributed by atoms with Gasteiger partial charge in [-0.1, -0.05) is 61.9 Å². The molecule has 0 fully saturated rings. The van der Waals surface area contributed by atoms with Gasteiger partial charge in [-0.2, -0.15) is 25.3 Å². The zero-order valence-corrected chi connectivity index (χ0v) is 42.6. The van der Waals surface area contributed by atoms with Gasteiger partial charge in [0.25, 0.3) is 0 Å². The number of aliphatic carboxylic acids is 1. The number of para-hydroxylation sites is 1. The van der Waals surface area contributed by atoms with Gasteiger partial charge in [-0.05, 0) is 42.9 Å². The van der Waals surface area contributed by atoms with Gasteiger partial charge in [0.1, 0.15) is 42.3 Å². The summed E-state index contributed by atoms with van der Waals surface area (Å²) in [7, 11) is 0. The molecule has 0 saturated heterocycles. The Balaban J connectivity index is 1.66. The van der Waals surface area contributed by atoms with E-state index in [4.69, 9.17) is 17.2 Å². The number of hydrogen-bond donors (Lipinski definition) is 15. The number of primary amides is 1. The van der Waals surface area contributed by atoms with Crippen LogP contribution in [0.15, 0.2) is 78.3 Å². The molecular weight excluding hydrogens is 997 g/mol. The molecule has 0 unspecified atom stereocenters. The topological polar surface area (TPSA) is 393 Å². The lowest BCUT2D eigenvalue weighted by Gasteiger charge is -2.28. The highest BCUT2D eigenvalue weighted by atomic mass is 32.1. The number of amides is 8. The van der Waals surface area contributed by atoms with Crippen molar-refractivity contribution in [3.05, 3.63) is 90.1 Å². The van der Waals surface area contributed by atoms with Crippen LogP contribution in [0, 0.1) is 0 Å². The monoisotopic (exact) mass is 1060 g/mol. The smallest absolute Gasteiger partial charge is 0.303 e. The summed E-state index contributed by atoms with van der Waals surface area (Å²) in [4.78, 5) is 135. The molecule has 0 radical (unpaired) electrons. The number of rotatable bonds is 32. The van der Waals surface area contributed by atoms with Gasteiger partial charge >= 0.3 is 5.97 Å². The molecule has 0 spiro atoms. The van der Waals surface area contributed by atoms with Crippen molar-refractivity contribution in [2.75, 3.05) is 18.1 Å². The standard InChI is InChI=1S/C48H66N14O10S2/c1-2-3-15-39(63)56-38(25-74)47(72)58-33(16-17-40(64)65)43(68)61-36(21-29-23-52-26-55-29)46(71)59-34(19-27-10-5-4-6-11-27)44(69)57-32(14-9-18-53-48(50)51)42(67)60-35(45(70)62-37(24-73)41(49)66)20-28-22-54-31-13-8-7-12-30(28)31/h4-8,10-13,22-23,26,32-38,54,73-74H,2-3,9,14-21,24-25H2,1H3,(H2,49,66)(H,52,55)(H,56,63)(H,57,69)(H,58,72)(H,59,71)(H,60,67)(H,61,68)(H,62,70)(H,64,65)(H4,50,51,53)/t32-,33-,34+,35-,36-,37-,38-/m0/s1. The molecule has 7 atom stereocenters. The van der Waals surface area contributed by atoms with Gasteiger partial charge in [0.15, 0.2) is 5.96 Å². The largest absolute Gasteiger partial charge is 0.481 e. The van der Waals surface area contributed by atoms with Crippen LogP contribution in [-0.4, -0.2) is 140 Å². The van der Waals surface area contributed by atoms with Gasteiger partial charge in [0, 0.05) is 79.1 Å². The average Bonchev–Trinajstić information content (AvgIpc) is 4.05. The third-order valence-electron chi connectivity index (χ3n) is 11.6. The lowest BCUT2D eigenvalue weighted by Crippen LogP contribution is -2.61. The van der Waals surface area contributed by atoms with Crippen LogP contribution in [0.1, 0.15) is 68.7 Å². The first-order valence-corrected chi connectivity index (χ1v) is 25.1. The maximum atomic E-state index is 14.6. The van der Waals surface area contributed by atoms with Crippen molar-refractivity contribution >= 4 is 95.3 Å². The van der Waals surface area contributed by atoms with E-state index in [-0.39, 0.29) is 62.5 Å². The molecule has 400 valence electrons. The summed E-state index contributed by atoms with van der Waals surface area (Å²) in [6.45, 7) is 1.93. The average molecular weight is 1060 g/mol. The minimum atomic E-state index is -1.52. The first-order valence-electron chi connectivity index (χ1n) is 23.9. The summed E-state index contributed by atoms with van der Waals surface area (Å²) in [6.07, 6.45) is 4.48. The van der Waals surface area contributed by atoms with Crippen molar-refractivity contribution in [3.63, 3.8) is 0 Å². The number of H-pyrrole nitrogens is 2.